The van der Waals surface area contributed by atoms with E-state index in [9.17, 15) is 5.26 Å². The van der Waals surface area contributed by atoms with Crippen molar-refractivity contribution < 1.29 is 18.9 Å². The zero-order valence-corrected chi connectivity index (χ0v) is 18.0. The zero-order valence-electron chi connectivity index (χ0n) is 18.0. The summed E-state index contributed by atoms with van der Waals surface area (Å²) in [6, 6.07) is 2.32. The monoisotopic (exact) mass is 416 g/mol. The Bertz CT molecular complexity index is 564. The molecule has 6 atom stereocenters. The van der Waals surface area contributed by atoms with Gasteiger partial charge in [-0.3, -0.25) is 0 Å². The number of fused-ring (bicyclic) bond motifs is 1. The molecule has 30 heavy (non-hydrogen) atoms. The van der Waals surface area contributed by atoms with Crippen LogP contribution in [0.1, 0.15) is 70.6 Å². The summed E-state index contributed by atoms with van der Waals surface area (Å²) in [5, 5.41) is 9.31. The summed E-state index contributed by atoms with van der Waals surface area (Å²) in [6.07, 6.45) is 12.1. The maximum atomic E-state index is 9.31. The van der Waals surface area contributed by atoms with E-state index in [1.165, 1.54) is 38.5 Å². The van der Waals surface area contributed by atoms with E-state index in [2.05, 4.69) is 10.9 Å². The van der Waals surface area contributed by atoms with Gasteiger partial charge >= 0.3 is 0 Å². The van der Waals surface area contributed by atoms with Gasteiger partial charge in [-0.2, -0.15) is 5.26 Å². The molecular weight excluding hydrogens is 380 g/mol. The lowest BCUT2D eigenvalue weighted by Crippen LogP contribution is -2.40. The number of nitriles is 1. The molecule has 2 saturated heterocycles. The minimum Gasteiger partial charge on any atom is -0.370 e. The molecule has 0 spiro atoms. The molecule has 2 aliphatic heterocycles. The van der Waals surface area contributed by atoms with Crippen molar-refractivity contribution >= 4 is 0 Å². The van der Waals surface area contributed by atoms with Crippen LogP contribution in [0.4, 0.5) is 0 Å². The molecule has 0 bridgehead atoms. The van der Waals surface area contributed by atoms with E-state index < -0.39 is 0 Å². The topological polar surface area (TPSA) is 65.1 Å². The highest BCUT2D eigenvalue weighted by Crippen LogP contribution is 2.37. The Hall–Kier alpha value is -1.18. The maximum absolute atomic E-state index is 9.31. The van der Waals surface area contributed by atoms with Crippen LogP contribution in [0.3, 0.4) is 0 Å². The lowest BCUT2D eigenvalue weighted by molar-refractivity contribution is -0.104. The minimum atomic E-state index is -0.127. The van der Waals surface area contributed by atoms with Crippen LogP contribution in [0.15, 0.2) is 0 Å². The third kappa shape index (κ3) is 5.17. The molecule has 4 unspecified atom stereocenters. The van der Waals surface area contributed by atoms with E-state index in [1.54, 1.807) is 0 Å². The van der Waals surface area contributed by atoms with Crippen LogP contribution < -0.4 is 0 Å². The fourth-order valence-electron chi connectivity index (χ4n) is 5.93. The van der Waals surface area contributed by atoms with E-state index in [0.717, 1.165) is 25.7 Å². The van der Waals surface area contributed by atoms with Gasteiger partial charge in [-0.05, 0) is 37.5 Å². The van der Waals surface area contributed by atoms with Crippen molar-refractivity contribution in [1.29, 1.82) is 5.26 Å². The molecule has 0 amide bonds. The van der Waals surface area contributed by atoms with Crippen molar-refractivity contribution in [2.45, 2.75) is 107 Å². The van der Waals surface area contributed by atoms with Gasteiger partial charge in [0.25, 0.3) is 0 Å². The molecule has 6 nitrogen and oxygen atoms in total. The van der Waals surface area contributed by atoms with Crippen molar-refractivity contribution in [3.05, 3.63) is 11.4 Å². The van der Waals surface area contributed by atoms with E-state index in [4.69, 9.17) is 25.5 Å². The fourth-order valence-corrected chi connectivity index (χ4v) is 5.93. The Morgan fingerprint density at radius 2 is 1.33 bits per heavy atom. The molecule has 2 heterocycles. The van der Waals surface area contributed by atoms with E-state index in [-0.39, 0.29) is 36.6 Å². The summed E-state index contributed by atoms with van der Waals surface area (Å²) in [5.41, 5.74) is 0. The lowest BCUT2D eigenvalue weighted by Gasteiger charge is -2.31. The van der Waals surface area contributed by atoms with Gasteiger partial charge < -0.3 is 23.8 Å². The SMILES string of the molecule is [C-]#[N+]CC(O[C@@H]1COC2C1OC[C@H]2OC(CC#N)C1CCCCC1)C1CCCCC1. The van der Waals surface area contributed by atoms with Crippen molar-refractivity contribution in [1.82, 2.24) is 0 Å². The quantitative estimate of drug-likeness (QED) is 0.553. The molecule has 2 saturated carbocycles. The molecule has 6 heteroatoms. The highest BCUT2D eigenvalue weighted by atomic mass is 16.6. The molecule has 166 valence electrons. The molecule has 0 aromatic carbocycles. The number of ether oxygens (including phenoxy) is 4. The van der Waals surface area contributed by atoms with Gasteiger partial charge in [0.2, 0.25) is 6.54 Å². The summed E-state index contributed by atoms with van der Waals surface area (Å²) >= 11 is 0. The summed E-state index contributed by atoms with van der Waals surface area (Å²) in [4.78, 5) is 3.65. The first-order chi connectivity index (χ1) is 14.8. The van der Waals surface area contributed by atoms with Gasteiger partial charge in [-0.25, -0.2) is 6.57 Å². The van der Waals surface area contributed by atoms with Crippen molar-refractivity contribution in [3.63, 3.8) is 0 Å². The smallest absolute Gasteiger partial charge is 0.240 e. The van der Waals surface area contributed by atoms with Crippen molar-refractivity contribution in [3.8, 4) is 6.07 Å². The molecule has 0 N–H and O–H groups in total. The third-order valence-electron chi connectivity index (χ3n) is 7.58. The molecular formula is C24H36N2O4. The Labute approximate surface area is 181 Å². The predicted octanol–water partition coefficient (Wildman–Crippen LogP) is 4.29. The minimum absolute atomic E-state index is 0.0210. The van der Waals surface area contributed by atoms with Gasteiger partial charge in [0.1, 0.15) is 30.5 Å². The first kappa shape index (κ1) is 22.0. The van der Waals surface area contributed by atoms with Crippen LogP contribution in [-0.4, -0.2) is 56.4 Å². The summed E-state index contributed by atoms with van der Waals surface area (Å²) in [5.74, 6) is 0.951. The van der Waals surface area contributed by atoms with E-state index in [1.807, 2.05) is 0 Å². The second-order valence-corrected chi connectivity index (χ2v) is 9.52. The second kappa shape index (κ2) is 10.9. The van der Waals surface area contributed by atoms with Crippen LogP contribution in [-0.2, 0) is 18.9 Å². The molecule has 4 aliphatic rings. The molecule has 4 rings (SSSR count). The molecule has 0 aromatic rings. The van der Waals surface area contributed by atoms with Gasteiger partial charge in [-0.15, -0.1) is 0 Å². The summed E-state index contributed by atoms with van der Waals surface area (Å²) in [7, 11) is 0. The Balaban J connectivity index is 1.34. The van der Waals surface area contributed by atoms with E-state index >= 15 is 0 Å². The Morgan fingerprint density at radius 3 is 1.83 bits per heavy atom. The van der Waals surface area contributed by atoms with Crippen LogP contribution in [0.25, 0.3) is 4.85 Å². The maximum Gasteiger partial charge on any atom is 0.240 e. The van der Waals surface area contributed by atoms with Crippen LogP contribution in [0, 0.1) is 29.7 Å². The highest BCUT2D eigenvalue weighted by molar-refractivity contribution is 4.98. The first-order valence-electron chi connectivity index (χ1n) is 12.0. The first-order valence-corrected chi connectivity index (χ1v) is 12.0. The molecule has 0 aromatic heterocycles. The van der Waals surface area contributed by atoms with Gasteiger partial charge in [0.05, 0.1) is 31.8 Å². The zero-order chi connectivity index (χ0) is 20.8. The number of hydrogen-bond donors (Lipinski definition) is 0. The Morgan fingerprint density at radius 1 is 0.833 bits per heavy atom. The van der Waals surface area contributed by atoms with Gasteiger partial charge in [-0.1, -0.05) is 38.5 Å². The molecule has 4 fully saturated rings. The standard InChI is InChI=1S/C24H36N2O4/c1-26-14-20(18-10-6-3-7-11-18)30-22-16-28-23-21(15-27-24(22)23)29-19(12-13-25)17-8-4-2-5-9-17/h17-24H,2-12,14-16H2/t19?,20?,21-,22-,23?,24?/m1/s1. The normalized spacial score (nSPS) is 34.7. The average Bonchev–Trinajstić information content (AvgIpc) is 3.37. The predicted molar refractivity (Wildman–Crippen MR) is 112 cm³/mol. The average molecular weight is 417 g/mol. The third-order valence-corrected chi connectivity index (χ3v) is 7.58. The highest BCUT2D eigenvalue weighted by Gasteiger charge is 2.51. The van der Waals surface area contributed by atoms with Crippen LogP contribution >= 0.6 is 0 Å². The van der Waals surface area contributed by atoms with Gasteiger partial charge in [0.15, 0.2) is 0 Å². The number of nitrogens with zero attached hydrogens (tertiary/aromatic N) is 2. The van der Waals surface area contributed by atoms with Gasteiger partial charge in [0, 0.05) is 0 Å². The second-order valence-electron chi connectivity index (χ2n) is 9.52. The van der Waals surface area contributed by atoms with Crippen LogP contribution in [0.2, 0.25) is 0 Å². The summed E-state index contributed by atoms with van der Waals surface area (Å²) < 4.78 is 25.1. The van der Waals surface area contributed by atoms with Crippen molar-refractivity contribution in [2.75, 3.05) is 19.8 Å². The molecule has 0 radical (unpaired) electrons. The van der Waals surface area contributed by atoms with Crippen LogP contribution in [0.5, 0.6) is 0 Å². The lowest BCUT2D eigenvalue weighted by atomic mass is 9.84. The fraction of sp³-hybridized carbons (Fsp3) is 0.917. The molecule has 2 aliphatic carbocycles. The number of hydrogen-bond acceptors (Lipinski definition) is 5. The summed E-state index contributed by atoms with van der Waals surface area (Å²) in [6.45, 7) is 8.78. The van der Waals surface area contributed by atoms with E-state index in [0.29, 0.717) is 38.0 Å². The van der Waals surface area contributed by atoms with Crippen molar-refractivity contribution in [2.24, 2.45) is 11.8 Å². The largest absolute Gasteiger partial charge is 0.370 e. The number of rotatable bonds is 8. The Kier molecular flexibility index (Phi) is 8.01.